The highest BCUT2D eigenvalue weighted by Crippen LogP contribution is 2.21. The molecule has 29 heavy (non-hydrogen) atoms. The van der Waals surface area contributed by atoms with Crippen molar-refractivity contribution in [1.82, 2.24) is 14.4 Å². The number of hydrogen-bond acceptors (Lipinski definition) is 4. The molecule has 0 aliphatic carbocycles. The van der Waals surface area contributed by atoms with Crippen molar-refractivity contribution in [1.29, 1.82) is 5.26 Å². The van der Waals surface area contributed by atoms with Gasteiger partial charge in [0.2, 0.25) is 0 Å². The Labute approximate surface area is 173 Å². The van der Waals surface area contributed by atoms with E-state index in [0.717, 1.165) is 51.2 Å². The summed E-state index contributed by atoms with van der Waals surface area (Å²) in [4.78, 5) is 17.1. The molecule has 1 unspecified atom stereocenters. The van der Waals surface area contributed by atoms with Crippen LogP contribution in [0.2, 0.25) is 0 Å². The lowest BCUT2D eigenvalue weighted by molar-refractivity contribution is 0.0721. The molecule has 1 aliphatic rings. The molecule has 2 heterocycles. The van der Waals surface area contributed by atoms with Gasteiger partial charge in [0.1, 0.15) is 17.5 Å². The van der Waals surface area contributed by atoms with Gasteiger partial charge in [0.15, 0.2) is 0 Å². The van der Waals surface area contributed by atoms with E-state index in [9.17, 15) is 4.79 Å². The number of para-hydroxylation sites is 1. The molecule has 1 saturated heterocycles. The minimum atomic E-state index is -0.0276. The summed E-state index contributed by atoms with van der Waals surface area (Å²) in [5.74, 6) is 1.39. The van der Waals surface area contributed by atoms with Gasteiger partial charge in [0.25, 0.3) is 5.91 Å². The molecule has 6 nitrogen and oxygen atoms in total. The molecule has 6 heteroatoms. The number of aryl methyl sites for hydroxylation is 1. The molecule has 0 N–H and O–H groups in total. The van der Waals surface area contributed by atoms with Crippen LogP contribution < -0.4 is 4.74 Å². The van der Waals surface area contributed by atoms with Crippen LogP contribution in [-0.4, -0.2) is 60.6 Å². The Bertz CT molecular complexity index is 883. The highest BCUT2D eigenvalue weighted by molar-refractivity contribution is 5.93. The molecule has 0 saturated carbocycles. The lowest BCUT2D eigenvalue weighted by Crippen LogP contribution is -2.42. The van der Waals surface area contributed by atoms with E-state index >= 15 is 0 Å². The molecule has 3 rings (SSSR count). The van der Waals surface area contributed by atoms with E-state index < -0.39 is 0 Å². The van der Waals surface area contributed by atoms with E-state index in [1.54, 1.807) is 28.8 Å². The number of methoxy groups -OCH3 is 1. The number of piperidine rings is 1. The summed E-state index contributed by atoms with van der Waals surface area (Å²) in [6.45, 7) is 3.84. The average molecular weight is 395 g/mol. The number of aromatic nitrogens is 1. The third kappa shape index (κ3) is 5.18. The van der Waals surface area contributed by atoms with Crippen LogP contribution in [0.5, 0.6) is 5.75 Å². The standard InChI is InChI=1S/C23H30N4O2/c1-25-16-19(14-24)13-21(25)23(28)26(2)15-18-7-6-11-27(17-18)12-10-20-8-4-5-9-22(20)29-3/h4-5,8-9,13,16,18H,6-7,10-12,15,17H2,1-3H3. The molecule has 0 bridgehead atoms. The Morgan fingerprint density at radius 2 is 2.17 bits per heavy atom. The first kappa shape index (κ1) is 20.9. The van der Waals surface area contributed by atoms with Crippen molar-refractivity contribution < 1.29 is 9.53 Å². The number of amides is 1. The van der Waals surface area contributed by atoms with E-state index in [1.807, 2.05) is 26.2 Å². The zero-order valence-electron chi connectivity index (χ0n) is 17.6. The maximum atomic E-state index is 12.8. The number of hydrogen-bond donors (Lipinski definition) is 0. The summed E-state index contributed by atoms with van der Waals surface area (Å²) < 4.78 is 7.20. The molecule has 1 amide bonds. The van der Waals surface area contributed by atoms with Gasteiger partial charge < -0.3 is 19.1 Å². The van der Waals surface area contributed by atoms with E-state index in [-0.39, 0.29) is 5.91 Å². The second kappa shape index (κ2) is 9.62. The molecule has 0 spiro atoms. The molecular weight excluding hydrogens is 364 g/mol. The fourth-order valence-electron chi connectivity index (χ4n) is 4.20. The van der Waals surface area contributed by atoms with Crippen LogP contribution in [0.3, 0.4) is 0 Å². The van der Waals surface area contributed by atoms with Crippen molar-refractivity contribution in [3.05, 3.63) is 53.3 Å². The number of rotatable bonds is 7. The summed E-state index contributed by atoms with van der Waals surface area (Å²) in [7, 11) is 5.38. The summed E-state index contributed by atoms with van der Waals surface area (Å²) in [5.41, 5.74) is 2.32. The van der Waals surface area contributed by atoms with Gasteiger partial charge in [-0.2, -0.15) is 5.26 Å². The summed E-state index contributed by atoms with van der Waals surface area (Å²) in [6.07, 6.45) is 4.95. The van der Waals surface area contributed by atoms with Gasteiger partial charge in [0, 0.05) is 39.9 Å². The van der Waals surface area contributed by atoms with Crippen LogP contribution in [0.25, 0.3) is 0 Å². The maximum Gasteiger partial charge on any atom is 0.270 e. The normalized spacial score (nSPS) is 17.0. The maximum absolute atomic E-state index is 12.8. The molecule has 0 radical (unpaired) electrons. The van der Waals surface area contributed by atoms with E-state index in [1.165, 1.54) is 5.56 Å². The zero-order valence-corrected chi connectivity index (χ0v) is 17.6. The van der Waals surface area contributed by atoms with Crippen LogP contribution in [-0.2, 0) is 13.5 Å². The summed E-state index contributed by atoms with van der Waals surface area (Å²) >= 11 is 0. The predicted molar refractivity (Wildman–Crippen MR) is 113 cm³/mol. The number of ether oxygens (including phenoxy) is 1. The number of carbonyl (C=O) groups excluding carboxylic acids is 1. The van der Waals surface area contributed by atoms with Crippen molar-refractivity contribution in [3.63, 3.8) is 0 Å². The van der Waals surface area contributed by atoms with Crippen LogP contribution >= 0.6 is 0 Å². The monoisotopic (exact) mass is 394 g/mol. The van der Waals surface area contributed by atoms with Crippen molar-refractivity contribution in [2.45, 2.75) is 19.3 Å². The Morgan fingerprint density at radius 3 is 2.90 bits per heavy atom. The van der Waals surface area contributed by atoms with Gasteiger partial charge in [-0.25, -0.2) is 0 Å². The minimum absolute atomic E-state index is 0.0276. The van der Waals surface area contributed by atoms with Gasteiger partial charge in [-0.15, -0.1) is 0 Å². The zero-order chi connectivity index (χ0) is 20.8. The second-order valence-corrected chi connectivity index (χ2v) is 7.89. The van der Waals surface area contributed by atoms with Crippen molar-refractivity contribution >= 4 is 5.91 Å². The summed E-state index contributed by atoms with van der Waals surface area (Å²) in [6, 6.07) is 12.0. The number of carbonyl (C=O) groups is 1. The van der Waals surface area contributed by atoms with Crippen LogP contribution in [0.4, 0.5) is 0 Å². The number of nitriles is 1. The smallest absolute Gasteiger partial charge is 0.270 e. The fourth-order valence-corrected chi connectivity index (χ4v) is 4.20. The molecule has 1 aromatic carbocycles. The molecule has 2 aromatic rings. The van der Waals surface area contributed by atoms with Gasteiger partial charge in [-0.3, -0.25) is 4.79 Å². The molecule has 1 fully saturated rings. The average Bonchev–Trinajstić information content (AvgIpc) is 3.12. The van der Waals surface area contributed by atoms with Crippen LogP contribution in [0.15, 0.2) is 36.5 Å². The largest absolute Gasteiger partial charge is 0.496 e. The molecule has 1 aliphatic heterocycles. The van der Waals surface area contributed by atoms with Gasteiger partial charge in [-0.1, -0.05) is 18.2 Å². The number of likely N-dealkylation sites (tertiary alicyclic amines) is 1. The Hall–Kier alpha value is -2.78. The molecule has 1 atom stereocenters. The third-order valence-corrected chi connectivity index (χ3v) is 5.72. The fraction of sp³-hybridized carbons (Fsp3) is 0.478. The van der Waals surface area contributed by atoms with Gasteiger partial charge >= 0.3 is 0 Å². The number of benzene rings is 1. The van der Waals surface area contributed by atoms with Crippen molar-refractivity contribution in [2.24, 2.45) is 13.0 Å². The first-order valence-electron chi connectivity index (χ1n) is 10.2. The Kier molecular flexibility index (Phi) is 6.95. The second-order valence-electron chi connectivity index (χ2n) is 7.89. The van der Waals surface area contributed by atoms with Crippen LogP contribution in [0, 0.1) is 17.2 Å². The predicted octanol–water partition coefficient (Wildman–Crippen LogP) is 2.93. The molecule has 154 valence electrons. The summed E-state index contributed by atoms with van der Waals surface area (Å²) in [5, 5.41) is 9.05. The van der Waals surface area contributed by atoms with Crippen LogP contribution in [0.1, 0.15) is 34.5 Å². The number of nitrogens with zero attached hydrogens (tertiary/aromatic N) is 4. The minimum Gasteiger partial charge on any atom is -0.496 e. The molecular formula is C23H30N4O2. The van der Waals surface area contributed by atoms with E-state index in [4.69, 9.17) is 10.00 Å². The highest BCUT2D eigenvalue weighted by Gasteiger charge is 2.24. The van der Waals surface area contributed by atoms with Gasteiger partial charge in [-0.05, 0) is 49.4 Å². The topological polar surface area (TPSA) is 61.5 Å². The third-order valence-electron chi connectivity index (χ3n) is 5.72. The van der Waals surface area contributed by atoms with E-state index in [0.29, 0.717) is 17.2 Å². The Balaban J connectivity index is 1.54. The van der Waals surface area contributed by atoms with Crippen molar-refractivity contribution in [3.8, 4) is 11.8 Å². The van der Waals surface area contributed by atoms with Gasteiger partial charge in [0.05, 0.1) is 12.7 Å². The van der Waals surface area contributed by atoms with E-state index in [2.05, 4.69) is 23.1 Å². The lowest BCUT2D eigenvalue weighted by Gasteiger charge is -2.34. The highest BCUT2D eigenvalue weighted by atomic mass is 16.5. The first-order chi connectivity index (χ1) is 14.0. The Morgan fingerprint density at radius 1 is 1.38 bits per heavy atom. The lowest BCUT2D eigenvalue weighted by atomic mass is 9.97. The SMILES string of the molecule is COc1ccccc1CCN1CCCC(CN(C)C(=O)c2cc(C#N)cn2C)C1. The van der Waals surface area contributed by atoms with Crippen molar-refractivity contribution in [2.75, 3.05) is 40.3 Å². The first-order valence-corrected chi connectivity index (χ1v) is 10.2. The quantitative estimate of drug-likeness (QED) is 0.724. The molecule has 1 aromatic heterocycles.